The summed E-state index contributed by atoms with van der Waals surface area (Å²) in [7, 11) is -3.57. The summed E-state index contributed by atoms with van der Waals surface area (Å²) in [5, 5.41) is 3.09. The molecule has 0 unspecified atom stereocenters. The van der Waals surface area contributed by atoms with E-state index in [2.05, 4.69) is 14.8 Å². The first-order valence-electron chi connectivity index (χ1n) is 5.40. The van der Waals surface area contributed by atoms with Gasteiger partial charge in [-0.05, 0) is 26.3 Å². The minimum absolute atomic E-state index is 0.117. The molecular weight excluding hydrogens is 232 g/mol. The molecule has 0 aromatic carbocycles. The van der Waals surface area contributed by atoms with Crippen molar-refractivity contribution < 1.29 is 17.9 Å². The zero-order valence-electron chi connectivity index (χ0n) is 9.36. The van der Waals surface area contributed by atoms with Crippen molar-refractivity contribution in [2.75, 3.05) is 25.4 Å². The van der Waals surface area contributed by atoms with Gasteiger partial charge in [0.1, 0.15) is 0 Å². The summed E-state index contributed by atoms with van der Waals surface area (Å²) in [5.74, 6) is -1.31. The molecule has 2 N–H and O–H groups in total. The van der Waals surface area contributed by atoms with Crippen molar-refractivity contribution in [3.8, 4) is 0 Å². The van der Waals surface area contributed by atoms with Gasteiger partial charge in [-0.3, -0.25) is 4.79 Å². The predicted octanol–water partition coefficient (Wildman–Crippen LogP) is -0.779. The molecule has 6 nitrogen and oxygen atoms in total. The van der Waals surface area contributed by atoms with Crippen molar-refractivity contribution in [1.82, 2.24) is 10.0 Å². The van der Waals surface area contributed by atoms with Crippen LogP contribution < -0.4 is 10.0 Å². The largest absolute Gasteiger partial charge is 0.465 e. The minimum Gasteiger partial charge on any atom is -0.465 e. The first kappa shape index (κ1) is 13.4. The third-order valence-corrected chi connectivity index (χ3v) is 3.56. The number of esters is 1. The molecule has 0 aromatic rings. The molecule has 0 radical (unpaired) electrons. The molecule has 1 heterocycles. The molecule has 1 atom stereocenters. The summed E-state index contributed by atoms with van der Waals surface area (Å²) in [5.41, 5.74) is 0. The number of ether oxygens (including phenoxy) is 1. The summed E-state index contributed by atoms with van der Waals surface area (Å²) in [6, 6.07) is -0.117. The fourth-order valence-electron chi connectivity index (χ4n) is 1.61. The van der Waals surface area contributed by atoms with Gasteiger partial charge < -0.3 is 10.1 Å². The van der Waals surface area contributed by atoms with E-state index in [9.17, 15) is 13.2 Å². The van der Waals surface area contributed by atoms with Gasteiger partial charge in [0, 0.05) is 12.6 Å². The van der Waals surface area contributed by atoms with Crippen molar-refractivity contribution in [2.24, 2.45) is 0 Å². The van der Waals surface area contributed by atoms with E-state index in [0.29, 0.717) is 6.54 Å². The first-order chi connectivity index (χ1) is 7.53. The smallest absolute Gasteiger partial charge is 0.322 e. The van der Waals surface area contributed by atoms with Crippen LogP contribution in [0, 0.1) is 0 Å². The van der Waals surface area contributed by atoms with Gasteiger partial charge in [0.05, 0.1) is 6.61 Å². The molecule has 1 aliphatic heterocycles. The second kappa shape index (κ2) is 6.17. The van der Waals surface area contributed by atoms with Crippen LogP contribution in [0.15, 0.2) is 0 Å². The van der Waals surface area contributed by atoms with Crippen LogP contribution in [0.3, 0.4) is 0 Å². The maximum Gasteiger partial charge on any atom is 0.322 e. The minimum atomic E-state index is -3.57. The number of carbonyl (C=O) groups excluding carboxylic acids is 1. The Labute approximate surface area is 95.8 Å². The average molecular weight is 250 g/mol. The number of carbonyl (C=O) groups is 1. The Kier molecular flexibility index (Phi) is 5.17. The molecule has 0 aromatic heterocycles. The van der Waals surface area contributed by atoms with Crippen molar-refractivity contribution in [2.45, 2.75) is 25.8 Å². The Hall–Kier alpha value is -0.660. The lowest BCUT2D eigenvalue weighted by atomic mass is 10.1. The number of sulfonamides is 1. The van der Waals surface area contributed by atoms with Gasteiger partial charge in [0.15, 0.2) is 5.75 Å². The van der Waals surface area contributed by atoms with Gasteiger partial charge in [-0.2, -0.15) is 0 Å². The molecule has 7 heteroatoms. The maximum atomic E-state index is 11.5. The standard InChI is InChI=1S/C9H18N2O4S/c1-2-15-9(12)7-16(13,14)11-8-4-3-5-10-6-8/h8,10-11H,2-7H2,1H3/t8-/m0/s1. The normalized spacial score (nSPS) is 21.7. The Balaban J connectivity index is 2.41. The number of piperidine rings is 1. The zero-order valence-corrected chi connectivity index (χ0v) is 10.2. The van der Waals surface area contributed by atoms with Crippen molar-refractivity contribution in [1.29, 1.82) is 0 Å². The third kappa shape index (κ3) is 4.91. The SMILES string of the molecule is CCOC(=O)CS(=O)(=O)N[C@H]1CCCNC1. The highest BCUT2D eigenvalue weighted by Gasteiger charge is 2.22. The molecule has 0 bridgehead atoms. The van der Waals surface area contributed by atoms with E-state index in [1.807, 2.05) is 0 Å². The number of rotatable bonds is 5. The van der Waals surface area contributed by atoms with Gasteiger partial charge in [-0.1, -0.05) is 0 Å². The molecule has 0 amide bonds. The Morgan fingerprint density at radius 1 is 1.56 bits per heavy atom. The fourth-order valence-corrected chi connectivity index (χ4v) is 2.79. The van der Waals surface area contributed by atoms with Gasteiger partial charge in [-0.15, -0.1) is 0 Å². The predicted molar refractivity (Wildman–Crippen MR) is 59.4 cm³/mol. The Morgan fingerprint density at radius 3 is 2.88 bits per heavy atom. The van der Waals surface area contributed by atoms with Crippen LogP contribution in [-0.4, -0.2) is 45.9 Å². The summed E-state index contributed by atoms with van der Waals surface area (Å²) in [4.78, 5) is 11.0. The highest BCUT2D eigenvalue weighted by molar-refractivity contribution is 7.90. The van der Waals surface area contributed by atoms with Crippen LogP contribution in [0.2, 0.25) is 0 Å². The van der Waals surface area contributed by atoms with Crippen LogP contribution in [0.1, 0.15) is 19.8 Å². The van der Waals surface area contributed by atoms with E-state index in [-0.39, 0.29) is 12.6 Å². The van der Waals surface area contributed by atoms with Gasteiger partial charge in [-0.25, -0.2) is 13.1 Å². The Morgan fingerprint density at radius 2 is 2.31 bits per heavy atom. The van der Waals surface area contributed by atoms with E-state index in [1.165, 1.54) is 0 Å². The van der Waals surface area contributed by atoms with Crippen molar-refractivity contribution in [3.63, 3.8) is 0 Å². The second-order valence-electron chi connectivity index (χ2n) is 3.73. The molecule has 0 spiro atoms. The van der Waals surface area contributed by atoms with Gasteiger partial charge in [0.25, 0.3) is 0 Å². The molecule has 16 heavy (non-hydrogen) atoms. The molecule has 94 valence electrons. The van der Waals surface area contributed by atoms with Gasteiger partial charge in [0.2, 0.25) is 10.0 Å². The number of nitrogens with one attached hydrogen (secondary N) is 2. The van der Waals surface area contributed by atoms with Crippen LogP contribution in [0.4, 0.5) is 0 Å². The molecule has 0 aliphatic carbocycles. The van der Waals surface area contributed by atoms with E-state index in [1.54, 1.807) is 6.92 Å². The van der Waals surface area contributed by atoms with Crippen molar-refractivity contribution >= 4 is 16.0 Å². The van der Waals surface area contributed by atoms with Crippen LogP contribution in [0.5, 0.6) is 0 Å². The van der Waals surface area contributed by atoms with E-state index in [0.717, 1.165) is 19.4 Å². The molecule has 1 rings (SSSR count). The Bertz CT molecular complexity index is 322. The van der Waals surface area contributed by atoms with Crippen LogP contribution >= 0.6 is 0 Å². The first-order valence-corrected chi connectivity index (χ1v) is 7.05. The highest BCUT2D eigenvalue weighted by atomic mass is 32.2. The summed E-state index contributed by atoms with van der Waals surface area (Å²) in [6.07, 6.45) is 1.74. The lowest BCUT2D eigenvalue weighted by Crippen LogP contribution is -2.47. The lowest BCUT2D eigenvalue weighted by Gasteiger charge is -2.23. The second-order valence-corrected chi connectivity index (χ2v) is 5.48. The maximum absolute atomic E-state index is 11.5. The molecule has 0 saturated carbocycles. The highest BCUT2D eigenvalue weighted by Crippen LogP contribution is 2.03. The quantitative estimate of drug-likeness (QED) is 0.625. The topological polar surface area (TPSA) is 84.5 Å². The van der Waals surface area contributed by atoms with Crippen molar-refractivity contribution in [3.05, 3.63) is 0 Å². The zero-order chi connectivity index (χ0) is 12.0. The summed E-state index contributed by atoms with van der Waals surface area (Å²) >= 11 is 0. The number of hydrogen-bond donors (Lipinski definition) is 2. The van der Waals surface area contributed by atoms with E-state index >= 15 is 0 Å². The monoisotopic (exact) mass is 250 g/mol. The average Bonchev–Trinajstić information content (AvgIpc) is 2.17. The van der Waals surface area contributed by atoms with E-state index in [4.69, 9.17) is 0 Å². The van der Waals surface area contributed by atoms with E-state index < -0.39 is 21.7 Å². The summed E-state index contributed by atoms with van der Waals surface area (Å²) in [6.45, 7) is 3.36. The third-order valence-electron chi connectivity index (χ3n) is 2.26. The molecule has 1 fully saturated rings. The van der Waals surface area contributed by atoms with Gasteiger partial charge >= 0.3 is 5.97 Å². The molecule has 1 aliphatic rings. The molecular formula is C9H18N2O4S. The van der Waals surface area contributed by atoms with Crippen LogP contribution in [-0.2, 0) is 19.6 Å². The lowest BCUT2D eigenvalue weighted by molar-refractivity contribution is -0.139. The van der Waals surface area contributed by atoms with Crippen LogP contribution in [0.25, 0.3) is 0 Å². The summed E-state index contributed by atoms with van der Waals surface area (Å²) < 4.78 is 30.2. The number of hydrogen-bond acceptors (Lipinski definition) is 5. The molecule has 1 saturated heterocycles. The fraction of sp³-hybridized carbons (Fsp3) is 0.889.